The summed E-state index contributed by atoms with van der Waals surface area (Å²) in [5.74, 6) is 2.49. The van der Waals surface area contributed by atoms with E-state index in [4.69, 9.17) is 15.2 Å². The molecule has 0 aromatic heterocycles. The van der Waals surface area contributed by atoms with Gasteiger partial charge in [-0.25, -0.2) is 0 Å². The maximum Gasteiger partial charge on any atom is 0.127 e. The summed E-state index contributed by atoms with van der Waals surface area (Å²) < 4.78 is 10.8. The Morgan fingerprint density at radius 1 is 1.20 bits per heavy atom. The van der Waals surface area contributed by atoms with Gasteiger partial charge < -0.3 is 15.2 Å². The third-order valence-electron chi connectivity index (χ3n) is 4.76. The number of ether oxygens (including phenoxy) is 2. The molecule has 112 valence electrons. The van der Waals surface area contributed by atoms with E-state index in [1.54, 1.807) is 14.2 Å². The molecule has 2 N–H and O–H groups in total. The maximum absolute atomic E-state index is 6.74. The van der Waals surface area contributed by atoms with E-state index >= 15 is 0 Å². The summed E-state index contributed by atoms with van der Waals surface area (Å²) in [7, 11) is 3.37. The van der Waals surface area contributed by atoms with Crippen molar-refractivity contribution in [3.05, 3.63) is 23.8 Å². The number of hydrogen-bond acceptors (Lipinski definition) is 3. The lowest BCUT2D eigenvalue weighted by molar-refractivity contribution is 0.339. The summed E-state index contributed by atoms with van der Waals surface area (Å²) in [5.41, 5.74) is 7.60. The highest BCUT2D eigenvalue weighted by Crippen LogP contribution is 2.41. The van der Waals surface area contributed by atoms with Crippen molar-refractivity contribution < 1.29 is 9.47 Å². The summed E-state index contributed by atoms with van der Waals surface area (Å²) in [4.78, 5) is 0. The van der Waals surface area contributed by atoms with Crippen molar-refractivity contribution in [3.63, 3.8) is 0 Å². The van der Waals surface area contributed by atoms with Crippen LogP contribution in [-0.2, 0) is 5.54 Å². The highest BCUT2D eigenvalue weighted by molar-refractivity contribution is 5.44. The fourth-order valence-corrected chi connectivity index (χ4v) is 3.32. The zero-order valence-electron chi connectivity index (χ0n) is 12.9. The molecule has 1 aromatic rings. The van der Waals surface area contributed by atoms with Crippen LogP contribution in [0.2, 0.25) is 0 Å². The lowest BCUT2D eigenvalue weighted by Gasteiger charge is -2.30. The van der Waals surface area contributed by atoms with Gasteiger partial charge in [0, 0.05) is 17.2 Å². The number of rotatable bonds is 4. The number of nitrogens with two attached hydrogens (primary N) is 1. The molecule has 1 aliphatic rings. The highest BCUT2D eigenvalue weighted by Gasteiger charge is 2.33. The molecule has 0 bridgehead atoms. The van der Waals surface area contributed by atoms with Gasteiger partial charge in [-0.05, 0) is 37.3 Å². The van der Waals surface area contributed by atoms with Crippen LogP contribution in [0.25, 0.3) is 0 Å². The van der Waals surface area contributed by atoms with Crippen LogP contribution in [0.5, 0.6) is 11.5 Å². The quantitative estimate of drug-likeness (QED) is 0.850. The maximum atomic E-state index is 6.74. The van der Waals surface area contributed by atoms with Gasteiger partial charge in [0.25, 0.3) is 0 Å². The summed E-state index contributed by atoms with van der Waals surface area (Å²) in [5, 5.41) is 0. The van der Waals surface area contributed by atoms with E-state index < -0.39 is 0 Å². The normalized spacial score (nSPS) is 26.9. The Bertz CT molecular complexity index is 447. The van der Waals surface area contributed by atoms with Crippen LogP contribution in [0.1, 0.15) is 51.0 Å². The lowest BCUT2D eigenvalue weighted by Crippen LogP contribution is -2.36. The van der Waals surface area contributed by atoms with Gasteiger partial charge in [-0.2, -0.15) is 0 Å². The molecule has 0 spiro atoms. The lowest BCUT2D eigenvalue weighted by atomic mass is 9.83. The minimum absolute atomic E-state index is 0.262. The van der Waals surface area contributed by atoms with E-state index in [2.05, 4.69) is 13.0 Å². The minimum atomic E-state index is -0.262. The topological polar surface area (TPSA) is 44.5 Å². The third-order valence-corrected chi connectivity index (χ3v) is 4.76. The summed E-state index contributed by atoms with van der Waals surface area (Å²) in [6, 6.07) is 5.99. The van der Waals surface area contributed by atoms with Crippen molar-refractivity contribution in [2.24, 2.45) is 11.7 Å². The zero-order valence-corrected chi connectivity index (χ0v) is 12.9. The van der Waals surface area contributed by atoms with Gasteiger partial charge in [0.2, 0.25) is 0 Å². The van der Waals surface area contributed by atoms with Crippen LogP contribution in [0.3, 0.4) is 0 Å². The Morgan fingerprint density at radius 3 is 2.65 bits per heavy atom. The van der Waals surface area contributed by atoms with Crippen LogP contribution in [0, 0.1) is 5.92 Å². The SMILES string of the molecule is CCC1CCCC(N)(c2ccc(OC)cc2OC)CC1. The predicted molar refractivity (Wildman–Crippen MR) is 82.3 cm³/mol. The van der Waals surface area contributed by atoms with Crippen molar-refractivity contribution in [1.29, 1.82) is 0 Å². The van der Waals surface area contributed by atoms with E-state index in [1.807, 2.05) is 12.1 Å². The monoisotopic (exact) mass is 277 g/mol. The minimum Gasteiger partial charge on any atom is -0.497 e. The predicted octanol–water partition coefficient (Wildman–Crippen LogP) is 3.85. The van der Waals surface area contributed by atoms with Crippen molar-refractivity contribution >= 4 is 0 Å². The van der Waals surface area contributed by atoms with Crippen molar-refractivity contribution in [1.82, 2.24) is 0 Å². The molecule has 20 heavy (non-hydrogen) atoms. The molecule has 1 fully saturated rings. The molecule has 2 atom stereocenters. The van der Waals surface area contributed by atoms with E-state index in [-0.39, 0.29) is 5.54 Å². The van der Waals surface area contributed by atoms with E-state index in [1.165, 1.54) is 25.7 Å². The van der Waals surface area contributed by atoms with Crippen LogP contribution in [0.4, 0.5) is 0 Å². The first-order chi connectivity index (χ1) is 9.62. The molecule has 2 rings (SSSR count). The summed E-state index contributed by atoms with van der Waals surface area (Å²) in [6.45, 7) is 2.28. The fourth-order valence-electron chi connectivity index (χ4n) is 3.32. The summed E-state index contributed by atoms with van der Waals surface area (Å²) >= 11 is 0. The highest BCUT2D eigenvalue weighted by atomic mass is 16.5. The smallest absolute Gasteiger partial charge is 0.127 e. The van der Waals surface area contributed by atoms with Crippen LogP contribution < -0.4 is 15.2 Å². The Balaban J connectivity index is 2.28. The van der Waals surface area contributed by atoms with Crippen molar-refractivity contribution in [2.45, 2.75) is 51.0 Å². The molecule has 2 unspecified atom stereocenters. The van der Waals surface area contributed by atoms with Crippen molar-refractivity contribution in [2.75, 3.05) is 14.2 Å². The van der Waals surface area contributed by atoms with Gasteiger partial charge in [0.1, 0.15) is 11.5 Å². The Labute approximate surface area is 122 Å². The second-order valence-corrected chi connectivity index (χ2v) is 5.93. The molecular weight excluding hydrogens is 250 g/mol. The number of methoxy groups -OCH3 is 2. The van der Waals surface area contributed by atoms with E-state index in [0.717, 1.165) is 35.8 Å². The average Bonchev–Trinajstić information content (AvgIpc) is 2.69. The first-order valence-corrected chi connectivity index (χ1v) is 7.64. The Morgan fingerprint density at radius 2 is 2.00 bits per heavy atom. The van der Waals surface area contributed by atoms with Gasteiger partial charge in [-0.15, -0.1) is 0 Å². The average molecular weight is 277 g/mol. The van der Waals surface area contributed by atoms with Gasteiger partial charge in [0.05, 0.1) is 14.2 Å². The second-order valence-electron chi connectivity index (χ2n) is 5.93. The molecular formula is C17H27NO2. The molecule has 1 saturated carbocycles. The van der Waals surface area contributed by atoms with Crippen LogP contribution >= 0.6 is 0 Å². The standard InChI is InChI=1S/C17H27NO2/c1-4-13-6-5-10-17(18,11-9-13)15-8-7-14(19-2)12-16(15)20-3/h7-8,12-13H,4-6,9-11,18H2,1-3H3. The zero-order chi connectivity index (χ0) is 14.6. The first kappa shape index (κ1) is 15.2. The van der Waals surface area contributed by atoms with E-state index in [0.29, 0.717) is 0 Å². The first-order valence-electron chi connectivity index (χ1n) is 7.64. The summed E-state index contributed by atoms with van der Waals surface area (Å²) in [6.07, 6.45) is 7.04. The Hall–Kier alpha value is -1.22. The van der Waals surface area contributed by atoms with Gasteiger partial charge in [-0.1, -0.05) is 26.2 Å². The number of hydrogen-bond donors (Lipinski definition) is 1. The van der Waals surface area contributed by atoms with Gasteiger partial charge in [-0.3, -0.25) is 0 Å². The molecule has 0 saturated heterocycles. The van der Waals surface area contributed by atoms with Gasteiger partial charge >= 0.3 is 0 Å². The number of benzene rings is 1. The second kappa shape index (κ2) is 6.49. The molecule has 3 nitrogen and oxygen atoms in total. The van der Waals surface area contributed by atoms with E-state index in [9.17, 15) is 0 Å². The molecule has 3 heteroatoms. The van der Waals surface area contributed by atoms with Crippen LogP contribution in [0.15, 0.2) is 18.2 Å². The molecule has 0 aliphatic heterocycles. The molecule has 0 amide bonds. The van der Waals surface area contributed by atoms with Gasteiger partial charge in [0.15, 0.2) is 0 Å². The van der Waals surface area contributed by atoms with Crippen LogP contribution in [-0.4, -0.2) is 14.2 Å². The third kappa shape index (κ3) is 3.09. The Kier molecular flexibility index (Phi) is 4.92. The molecule has 0 radical (unpaired) electrons. The fraction of sp³-hybridized carbons (Fsp3) is 0.647. The largest absolute Gasteiger partial charge is 0.497 e. The molecule has 1 aliphatic carbocycles. The molecule has 1 aromatic carbocycles. The van der Waals surface area contributed by atoms with Crippen molar-refractivity contribution in [3.8, 4) is 11.5 Å². The molecule has 0 heterocycles.